The number of ether oxygens (including phenoxy) is 1. The molecule has 0 spiro atoms. The fourth-order valence-corrected chi connectivity index (χ4v) is 2.34. The van der Waals surface area contributed by atoms with Crippen molar-refractivity contribution in [3.8, 4) is 5.75 Å². The third-order valence-corrected chi connectivity index (χ3v) is 3.46. The van der Waals surface area contributed by atoms with Crippen LogP contribution in [-0.2, 0) is 4.79 Å². The molecule has 21 heavy (non-hydrogen) atoms. The number of carbonyl (C=O) groups is 1. The molecule has 6 nitrogen and oxygen atoms in total. The molecule has 1 saturated heterocycles. The number of aromatic nitrogens is 3. The number of hydrogen-bond donors (Lipinski definition) is 0. The maximum Gasteiger partial charge on any atom is 0.260 e. The van der Waals surface area contributed by atoms with E-state index >= 15 is 0 Å². The molecule has 1 aromatic heterocycles. The highest BCUT2D eigenvalue weighted by molar-refractivity contribution is 5.78. The van der Waals surface area contributed by atoms with Crippen LogP contribution < -0.4 is 4.74 Å². The molecule has 7 heteroatoms. The molecule has 1 aliphatic heterocycles. The van der Waals surface area contributed by atoms with E-state index < -0.39 is 0 Å². The third kappa shape index (κ3) is 3.18. The Hall–Kier alpha value is -2.44. The lowest BCUT2D eigenvalue weighted by Crippen LogP contribution is -2.33. The Balaban J connectivity index is 1.51. The maximum atomic E-state index is 12.8. The van der Waals surface area contributed by atoms with E-state index in [0.717, 1.165) is 6.42 Å². The number of carbonyl (C=O) groups excluding carboxylic acids is 1. The van der Waals surface area contributed by atoms with Crippen molar-refractivity contribution in [1.82, 2.24) is 19.9 Å². The quantitative estimate of drug-likeness (QED) is 0.851. The van der Waals surface area contributed by atoms with Gasteiger partial charge in [-0.1, -0.05) is 0 Å². The zero-order valence-corrected chi connectivity index (χ0v) is 11.4. The van der Waals surface area contributed by atoms with Crippen molar-refractivity contribution in [2.24, 2.45) is 0 Å². The van der Waals surface area contributed by atoms with E-state index in [2.05, 4.69) is 10.2 Å². The summed E-state index contributed by atoms with van der Waals surface area (Å²) in [5, 5.41) is 8.19. The van der Waals surface area contributed by atoms with Gasteiger partial charge < -0.3 is 9.64 Å². The van der Waals surface area contributed by atoms with E-state index in [1.54, 1.807) is 22.1 Å². The van der Waals surface area contributed by atoms with Crippen LogP contribution in [-0.4, -0.2) is 45.5 Å². The van der Waals surface area contributed by atoms with Gasteiger partial charge in [-0.05, 0) is 30.7 Å². The van der Waals surface area contributed by atoms with Crippen molar-refractivity contribution < 1.29 is 13.9 Å². The lowest BCUT2D eigenvalue weighted by molar-refractivity contribution is -0.132. The number of rotatable bonds is 4. The summed E-state index contributed by atoms with van der Waals surface area (Å²) in [7, 11) is 0. The van der Waals surface area contributed by atoms with E-state index in [1.165, 1.54) is 24.3 Å². The van der Waals surface area contributed by atoms with Crippen LogP contribution in [0.1, 0.15) is 12.5 Å². The summed E-state index contributed by atoms with van der Waals surface area (Å²) >= 11 is 0. The van der Waals surface area contributed by atoms with Crippen LogP contribution in [0.15, 0.2) is 36.7 Å². The molecule has 1 fully saturated rings. The second-order valence-corrected chi connectivity index (χ2v) is 4.87. The Labute approximate surface area is 121 Å². The highest BCUT2D eigenvalue weighted by Crippen LogP contribution is 2.20. The molecule has 0 N–H and O–H groups in total. The highest BCUT2D eigenvalue weighted by Gasteiger charge is 2.28. The topological polar surface area (TPSA) is 60.2 Å². The van der Waals surface area contributed by atoms with Gasteiger partial charge in [-0.2, -0.15) is 15.0 Å². The first-order valence-electron chi connectivity index (χ1n) is 6.74. The molecule has 0 bridgehead atoms. The molecular formula is C14H15FN4O2. The predicted molar refractivity (Wildman–Crippen MR) is 72.2 cm³/mol. The fraction of sp³-hybridized carbons (Fsp3) is 0.357. The molecular weight excluding hydrogens is 275 g/mol. The van der Waals surface area contributed by atoms with E-state index in [-0.39, 0.29) is 24.4 Å². The van der Waals surface area contributed by atoms with Gasteiger partial charge in [-0.3, -0.25) is 4.79 Å². The fourth-order valence-electron chi connectivity index (χ4n) is 2.34. The minimum Gasteiger partial charge on any atom is -0.484 e. The second-order valence-electron chi connectivity index (χ2n) is 4.87. The Morgan fingerprint density at radius 1 is 1.29 bits per heavy atom. The molecule has 1 aliphatic rings. The summed E-state index contributed by atoms with van der Waals surface area (Å²) in [6, 6.07) is 5.73. The summed E-state index contributed by atoms with van der Waals surface area (Å²) < 4.78 is 18.1. The number of nitrogens with zero attached hydrogens (tertiary/aromatic N) is 4. The first-order valence-corrected chi connectivity index (χ1v) is 6.74. The lowest BCUT2D eigenvalue weighted by Gasteiger charge is -2.16. The smallest absolute Gasteiger partial charge is 0.260 e. The minimum absolute atomic E-state index is 0.0507. The van der Waals surface area contributed by atoms with Crippen molar-refractivity contribution in [3.05, 3.63) is 42.5 Å². The van der Waals surface area contributed by atoms with Gasteiger partial charge >= 0.3 is 0 Å². The van der Waals surface area contributed by atoms with Crippen LogP contribution in [0.3, 0.4) is 0 Å². The van der Waals surface area contributed by atoms with Crippen LogP contribution in [0.25, 0.3) is 0 Å². The molecule has 3 rings (SSSR count). The van der Waals surface area contributed by atoms with Crippen LogP contribution in [0.4, 0.5) is 4.39 Å². The zero-order valence-electron chi connectivity index (χ0n) is 11.4. The maximum absolute atomic E-state index is 12.8. The van der Waals surface area contributed by atoms with Gasteiger partial charge in [0, 0.05) is 13.1 Å². The van der Waals surface area contributed by atoms with Gasteiger partial charge in [0.2, 0.25) is 0 Å². The molecule has 1 unspecified atom stereocenters. The van der Waals surface area contributed by atoms with Gasteiger partial charge in [-0.15, -0.1) is 0 Å². The van der Waals surface area contributed by atoms with Gasteiger partial charge in [-0.25, -0.2) is 4.39 Å². The van der Waals surface area contributed by atoms with Gasteiger partial charge in [0.05, 0.1) is 18.4 Å². The van der Waals surface area contributed by atoms with Crippen molar-refractivity contribution in [2.45, 2.75) is 12.5 Å². The van der Waals surface area contributed by atoms with Gasteiger partial charge in [0.15, 0.2) is 6.61 Å². The van der Waals surface area contributed by atoms with E-state index in [9.17, 15) is 9.18 Å². The summed E-state index contributed by atoms with van der Waals surface area (Å²) in [6.45, 7) is 1.20. The average molecular weight is 290 g/mol. The molecule has 2 heterocycles. The number of hydrogen-bond acceptors (Lipinski definition) is 4. The first-order chi connectivity index (χ1) is 10.2. The van der Waals surface area contributed by atoms with Crippen LogP contribution in [0.2, 0.25) is 0 Å². The van der Waals surface area contributed by atoms with Crippen molar-refractivity contribution in [2.75, 3.05) is 19.7 Å². The lowest BCUT2D eigenvalue weighted by atomic mass is 10.3. The van der Waals surface area contributed by atoms with E-state index in [4.69, 9.17) is 4.74 Å². The number of benzene rings is 1. The molecule has 110 valence electrons. The normalized spacial score (nSPS) is 18.0. The van der Waals surface area contributed by atoms with Gasteiger partial charge in [0.1, 0.15) is 11.6 Å². The Morgan fingerprint density at radius 2 is 2.00 bits per heavy atom. The highest BCUT2D eigenvalue weighted by atomic mass is 19.1. The SMILES string of the molecule is O=C(COc1ccc(F)cc1)N1CCC(n2nccn2)C1. The van der Waals surface area contributed by atoms with Crippen LogP contribution in [0.5, 0.6) is 5.75 Å². The Kier molecular flexibility index (Phi) is 3.81. The largest absolute Gasteiger partial charge is 0.484 e. The molecule has 0 radical (unpaired) electrons. The predicted octanol–water partition coefficient (Wildman–Crippen LogP) is 1.27. The van der Waals surface area contributed by atoms with E-state index in [0.29, 0.717) is 18.8 Å². The molecule has 1 atom stereocenters. The van der Waals surface area contributed by atoms with Crippen molar-refractivity contribution in [1.29, 1.82) is 0 Å². The van der Waals surface area contributed by atoms with Crippen molar-refractivity contribution >= 4 is 5.91 Å². The Bertz CT molecular complexity index is 600. The summed E-state index contributed by atoms with van der Waals surface area (Å²) in [4.78, 5) is 15.4. The summed E-state index contributed by atoms with van der Waals surface area (Å²) in [5.41, 5.74) is 0. The number of amides is 1. The molecule has 0 aliphatic carbocycles. The van der Waals surface area contributed by atoms with Gasteiger partial charge in [0.25, 0.3) is 5.91 Å². The third-order valence-electron chi connectivity index (χ3n) is 3.46. The summed E-state index contributed by atoms with van der Waals surface area (Å²) in [6.07, 6.45) is 4.08. The zero-order chi connectivity index (χ0) is 14.7. The molecule has 2 aromatic rings. The molecule has 0 saturated carbocycles. The minimum atomic E-state index is -0.331. The summed E-state index contributed by atoms with van der Waals surface area (Å²) in [5.74, 6) is 0.0611. The molecule has 1 amide bonds. The number of likely N-dealkylation sites (tertiary alicyclic amines) is 1. The standard InChI is InChI=1S/C14H15FN4O2/c15-11-1-3-13(4-2-11)21-10-14(20)18-8-5-12(9-18)19-16-6-7-17-19/h1-4,6-7,12H,5,8-10H2. The van der Waals surface area contributed by atoms with Crippen molar-refractivity contribution in [3.63, 3.8) is 0 Å². The second kappa shape index (κ2) is 5.90. The monoisotopic (exact) mass is 290 g/mol. The van der Waals surface area contributed by atoms with Crippen LogP contribution in [0, 0.1) is 5.82 Å². The first kappa shape index (κ1) is 13.5. The number of halogens is 1. The van der Waals surface area contributed by atoms with Crippen LogP contribution >= 0.6 is 0 Å². The average Bonchev–Trinajstić information content (AvgIpc) is 3.17. The molecule has 1 aromatic carbocycles. The van der Waals surface area contributed by atoms with E-state index in [1.807, 2.05) is 0 Å². The Morgan fingerprint density at radius 3 is 2.71 bits per heavy atom.